The molecule has 1 aromatic carbocycles. The maximum Gasteiger partial charge on any atom is 0.308 e. The number of carbonyl (C=O) groups is 3. The van der Waals surface area contributed by atoms with Gasteiger partial charge in [0, 0.05) is 18.8 Å². The van der Waals surface area contributed by atoms with E-state index in [2.05, 4.69) is 10.6 Å². The molecule has 0 aliphatic carbocycles. The lowest BCUT2D eigenvalue weighted by Crippen LogP contribution is -2.58. The molecular weight excluding hydrogens is 341 g/mol. The highest BCUT2D eigenvalue weighted by Crippen LogP contribution is 2.13. The number of piperazine rings is 1. The highest BCUT2D eigenvalue weighted by atomic mass is 19.1. The third-order valence-electron chi connectivity index (χ3n) is 3.88. The highest BCUT2D eigenvalue weighted by Gasteiger charge is 2.34. The van der Waals surface area contributed by atoms with Crippen LogP contribution in [0.2, 0.25) is 0 Å². The quantitative estimate of drug-likeness (QED) is 0.708. The van der Waals surface area contributed by atoms with Crippen LogP contribution in [0.1, 0.15) is 20.3 Å². The molecule has 1 aliphatic heterocycles. The van der Waals surface area contributed by atoms with Crippen LogP contribution in [0, 0.1) is 11.7 Å². The number of ether oxygens (including phenoxy) is 1. The lowest BCUT2D eigenvalue weighted by atomic mass is 10.1. The van der Waals surface area contributed by atoms with E-state index in [0.717, 1.165) is 0 Å². The molecule has 8 heteroatoms. The van der Waals surface area contributed by atoms with E-state index in [4.69, 9.17) is 4.74 Å². The average molecular weight is 365 g/mol. The Morgan fingerprint density at radius 1 is 1.35 bits per heavy atom. The molecule has 1 unspecified atom stereocenters. The fourth-order valence-electron chi connectivity index (χ4n) is 2.54. The molecule has 1 atom stereocenters. The number of amides is 2. The van der Waals surface area contributed by atoms with Crippen LogP contribution in [-0.2, 0) is 19.1 Å². The summed E-state index contributed by atoms with van der Waals surface area (Å²) in [7, 11) is 0. The topological polar surface area (TPSA) is 87.7 Å². The predicted octanol–water partition coefficient (Wildman–Crippen LogP) is 1.15. The second-order valence-electron chi connectivity index (χ2n) is 6.54. The summed E-state index contributed by atoms with van der Waals surface area (Å²) in [5.74, 6) is -1.37. The first-order valence-corrected chi connectivity index (χ1v) is 8.59. The molecule has 0 spiro atoms. The number of hydrogen-bond acceptors (Lipinski definition) is 5. The van der Waals surface area contributed by atoms with Crippen LogP contribution in [0.4, 0.5) is 10.1 Å². The number of esters is 1. The van der Waals surface area contributed by atoms with Crippen molar-refractivity contribution in [2.75, 3.05) is 31.6 Å². The summed E-state index contributed by atoms with van der Waals surface area (Å²) in [4.78, 5) is 37.9. The molecule has 2 amide bonds. The standard InChI is InChI=1S/C18H24FN3O4/c1-12(2)11-26-17(24)9-15-18(25)20-7-8-22(15)16(23)10-21-14-5-3-13(19)4-6-14/h3-6,12,15,21H,7-11H2,1-2H3,(H,20,25). The van der Waals surface area contributed by atoms with Crippen molar-refractivity contribution >= 4 is 23.5 Å². The molecule has 142 valence electrons. The van der Waals surface area contributed by atoms with Crippen LogP contribution in [0.15, 0.2) is 24.3 Å². The van der Waals surface area contributed by atoms with Crippen LogP contribution >= 0.6 is 0 Å². The van der Waals surface area contributed by atoms with E-state index in [1.807, 2.05) is 13.8 Å². The average Bonchev–Trinajstić information content (AvgIpc) is 2.61. The first-order chi connectivity index (χ1) is 12.4. The second-order valence-corrected chi connectivity index (χ2v) is 6.54. The van der Waals surface area contributed by atoms with E-state index in [9.17, 15) is 18.8 Å². The Morgan fingerprint density at radius 2 is 2.04 bits per heavy atom. The SMILES string of the molecule is CC(C)COC(=O)CC1C(=O)NCCN1C(=O)CNc1ccc(F)cc1. The van der Waals surface area contributed by atoms with Crippen LogP contribution in [0.25, 0.3) is 0 Å². The fraction of sp³-hybridized carbons (Fsp3) is 0.500. The van der Waals surface area contributed by atoms with Gasteiger partial charge < -0.3 is 20.3 Å². The Kier molecular flexibility index (Phi) is 6.94. The largest absolute Gasteiger partial charge is 0.465 e. The number of halogens is 1. The fourth-order valence-corrected chi connectivity index (χ4v) is 2.54. The van der Waals surface area contributed by atoms with Crippen molar-refractivity contribution in [1.29, 1.82) is 0 Å². The van der Waals surface area contributed by atoms with Crippen molar-refractivity contribution in [2.45, 2.75) is 26.3 Å². The smallest absolute Gasteiger partial charge is 0.308 e. The van der Waals surface area contributed by atoms with Gasteiger partial charge in [-0.3, -0.25) is 14.4 Å². The van der Waals surface area contributed by atoms with Gasteiger partial charge >= 0.3 is 5.97 Å². The summed E-state index contributed by atoms with van der Waals surface area (Å²) in [6, 6.07) is 4.73. The number of nitrogens with one attached hydrogen (secondary N) is 2. The van der Waals surface area contributed by atoms with Gasteiger partial charge in [0.1, 0.15) is 11.9 Å². The molecule has 0 aromatic heterocycles. The Balaban J connectivity index is 1.94. The lowest BCUT2D eigenvalue weighted by molar-refractivity contribution is -0.152. The van der Waals surface area contributed by atoms with Gasteiger partial charge in [0.15, 0.2) is 0 Å². The Labute approximate surface area is 151 Å². The van der Waals surface area contributed by atoms with E-state index in [-0.39, 0.29) is 43.1 Å². The van der Waals surface area contributed by atoms with Crippen molar-refractivity contribution < 1.29 is 23.5 Å². The number of benzene rings is 1. The van der Waals surface area contributed by atoms with Gasteiger partial charge in [-0.15, -0.1) is 0 Å². The maximum atomic E-state index is 12.9. The van der Waals surface area contributed by atoms with Crippen molar-refractivity contribution in [2.24, 2.45) is 5.92 Å². The number of rotatable bonds is 7. The summed E-state index contributed by atoms with van der Waals surface area (Å²) in [5, 5.41) is 5.56. The molecule has 7 nitrogen and oxygen atoms in total. The van der Waals surface area contributed by atoms with Crippen LogP contribution in [0.5, 0.6) is 0 Å². The van der Waals surface area contributed by atoms with Crippen LogP contribution in [-0.4, -0.2) is 55.0 Å². The summed E-state index contributed by atoms with van der Waals surface area (Å²) >= 11 is 0. The molecule has 2 rings (SSSR count). The van der Waals surface area contributed by atoms with E-state index in [1.54, 1.807) is 0 Å². The van der Waals surface area contributed by atoms with Gasteiger partial charge in [0.05, 0.1) is 19.6 Å². The minimum absolute atomic E-state index is 0.0591. The number of nitrogens with zero attached hydrogens (tertiary/aromatic N) is 1. The second kappa shape index (κ2) is 9.17. The van der Waals surface area contributed by atoms with E-state index >= 15 is 0 Å². The predicted molar refractivity (Wildman–Crippen MR) is 93.8 cm³/mol. The van der Waals surface area contributed by atoms with Crippen molar-refractivity contribution in [3.63, 3.8) is 0 Å². The molecule has 0 bridgehead atoms. The Bertz CT molecular complexity index is 648. The number of carbonyl (C=O) groups excluding carboxylic acids is 3. The lowest BCUT2D eigenvalue weighted by Gasteiger charge is -2.34. The molecule has 1 saturated heterocycles. The van der Waals surface area contributed by atoms with Gasteiger partial charge in [-0.05, 0) is 30.2 Å². The zero-order valence-corrected chi connectivity index (χ0v) is 15.0. The molecule has 1 aromatic rings. The maximum absolute atomic E-state index is 12.9. The van der Waals surface area contributed by atoms with Gasteiger partial charge in [-0.25, -0.2) is 4.39 Å². The molecule has 1 fully saturated rings. The van der Waals surface area contributed by atoms with Crippen molar-refractivity contribution in [3.8, 4) is 0 Å². The normalized spacial score (nSPS) is 17.0. The van der Waals surface area contributed by atoms with E-state index < -0.39 is 12.0 Å². The summed E-state index contributed by atoms with van der Waals surface area (Å²) in [5.41, 5.74) is 0.592. The summed E-state index contributed by atoms with van der Waals surface area (Å²) < 4.78 is 18.0. The summed E-state index contributed by atoms with van der Waals surface area (Å²) in [6.45, 7) is 4.69. The first kappa shape index (κ1) is 19.7. The number of hydrogen-bond donors (Lipinski definition) is 2. The van der Waals surface area contributed by atoms with Crippen molar-refractivity contribution in [1.82, 2.24) is 10.2 Å². The molecule has 2 N–H and O–H groups in total. The van der Waals surface area contributed by atoms with Crippen molar-refractivity contribution in [3.05, 3.63) is 30.1 Å². The Morgan fingerprint density at radius 3 is 2.69 bits per heavy atom. The Hall–Kier alpha value is -2.64. The molecule has 0 saturated carbocycles. The minimum atomic E-state index is -0.883. The molecule has 26 heavy (non-hydrogen) atoms. The van der Waals surface area contributed by atoms with Crippen LogP contribution in [0.3, 0.4) is 0 Å². The third-order valence-corrected chi connectivity index (χ3v) is 3.88. The molecule has 1 heterocycles. The molecule has 1 aliphatic rings. The monoisotopic (exact) mass is 365 g/mol. The van der Waals surface area contributed by atoms with E-state index in [1.165, 1.54) is 29.2 Å². The molecular formula is C18H24FN3O4. The summed E-state index contributed by atoms with van der Waals surface area (Å²) in [6.07, 6.45) is -0.180. The zero-order chi connectivity index (χ0) is 19.1. The van der Waals surface area contributed by atoms with Gasteiger partial charge in [-0.2, -0.15) is 0 Å². The highest BCUT2D eigenvalue weighted by molar-refractivity contribution is 5.93. The van der Waals surface area contributed by atoms with Crippen LogP contribution < -0.4 is 10.6 Å². The van der Waals surface area contributed by atoms with Gasteiger partial charge in [0.25, 0.3) is 0 Å². The zero-order valence-electron chi connectivity index (χ0n) is 15.0. The minimum Gasteiger partial charge on any atom is -0.465 e. The third kappa shape index (κ3) is 5.72. The van der Waals surface area contributed by atoms with E-state index in [0.29, 0.717) is 18.8 Å². The number of anilines is 1. The van der Waals surface area contributed by atoms with Gasteiger partial charge in [-0.1, -0.05) is 13.8 Å². The molecule has 0 radical (unpaired) electrons. The first-order valence-electron chi connectivity index (χ1n) is 8.59. The van der Waals surface area contributed by atoms with Gasteiger partial charge in [0.2, 0.25) is 11.8 Å².